The Kier molecular flexibility index (Phi) is 3.91. The zero-order chi connectivity index (χ0) is 13.3. The molecule has 0 aliphatic heterocycles. The van der Waals surface area contributed by atoms with Gasteiger partial charge in [0.15, 0.2) is 0 Å². The SMILES string of the molecule is CC(C)(O)CCc1ccc(S(N)(=O)=O)cc1F. The number of nitrogens with two attached hydrogens (primary N) is 1. The van der Waals surface area contributed by atoms with Crippen molar-refractivity contribution < 1.29 is 17.9 Å². The van der Waals surface area contributed by atoms with Gasteiger partial charge in [-0.25, -0.2) is 17.9 Å². The van der Waals surface area contributed by atoms with Gasteiger partial charge < -0.3 is 5.11 Å². The fourth-order valence-corrected chi connectivity index (χ4v) is 1.87. The van der Waals surface area contributed by atoms with Crippen LogP contribution < -0.4 is 5.14 Å². The van der Waals surface area contributed by atoms with Gasteiger partial charge in [0, 0.05) is 0 Å². The van der Waals surface area contributed by atoms with Gasteiger partial charge in [0.05, 0.1) is 10.5 Å². The smallest absolute Gasteiger partial charge is 0.238 e. The van der Waals surface area contributed by atoms with Gasteiger partial charge in [0.25, 0.3) is 0 Å². The molecule has 0 aliphatic carbocycles. The number of primary sulfonamides is 1. The molecule has 0 spiro atoms. The highest BCUT2D eigenvalue weighted by Gasteiger charge is 2.15. The molecule has 0 saturated heterocycles. The van der Waals surface area contributed by atoms with E-state index in [0.717, 1.165) is 6.07 Å². The van der Waals surface area contributed by atoms with Crippen LogP contribution in [-0.4, -0.2) is 19.1 Å². The van der Waals surface area contributed by atoms with Gasteiger partial charge in [0.1, 0.15) is 5.82 Å². The second-order valence-corrected chi connectivity index (χ2v) is 6.17. The van der Waals surface area contributed by atoms with Crippen molar-refractivity contribution in [3.8, 4) is 0 Å². The number of hydrogen-bond donors (Lipinski definition) is 2. The maximum atomic E-state index is 13.6. The summed E-state index contributed by atoms with van der Waals surface area (Å²) < 4.78 is 35.5. The van der Waals surface area contributed by atoms with Crippen LogP contribution in [0.4, 0.5) is 4.39 Å². The molecule has 0 saturated carbocycles. The molecule has 1 aromatic rings. The van der Waals surface area contributed by atoms with E-state index in [1.807, 2.05) is 0 Å². The summed E-state index contributed by atoms with van der Waals surface area (Å²) in [6.07, 6.45) is 0.721. The Balaban J connectivity index is 2.92. The van der Waals surface area contributed by atoms with Crippen molar-refractivity contribution in [2.75, 3.05) is 0 Å². The summed E-state index contributed by atoms with van der Waals surface area (Å²) in [4.78, 5) is -0.248. The van der Waals surface area contributed by atoms with E-state index < -0.39 is 21.4 Å². The minimum Gasteiger partial charge on any atom is -0.390 e. The second kappa shape index (κ2) is 4.72. The molecule has 6 heteroatoms. The zero-order valence-electron chi connectivity index (χ0n) is 9.77. The predicted molar refractivity (Wildman–Crippen MR) is 62.4 cm³/mol. The standard InChI is InChI=1S/C11H16FNO3S/c1-11(2,14)6-5-8-3-4-9(7-10(8)12)17(13,15)16/h3-4,7,14H,5-6H2,1-2H3,(H2,13,15,16). The first-order valence-corrected chi connectivity index (χ1v) is 6.68. The minimum absolute atomic E-state index is 0.248. The highest BCUT2D eigenvalue weighted by molar-refractivity contribution is 7.89. The van der Waals surface area contributed by atoms with Crippen LogP contribution in [0.2, 0.25) is 0 Å². The largest absolute Gasteiger partial charge is 0.390 e. The van der Waals surface area contributed by atoms with Crippen molar-refractivity contribution in [3.63, 3.8) is 0 Å². The molecule has 96 valence electrons. The second-order valence-electron chi connectivity index (χ2n) is 4.61. The first-order valence-electron chi connectivity index (χ1n) is 5.13. The molecule has 0 amide bonds. The lowest BCUT2D eigenvalue weighted by molar-refractivity contribution is 0.0712. The Morgan fingerprint density at radius 2 is 2.00 bits per heavy atom. The van der Waals surface area contributed by atoms with Crippen LogP contribution in [0.1, 0.15) is 25.8 Å². The summed E-state index contributed by atoms with van der Waals surface area (Å²) >= 11 is 0. The maximum Gasteiger partial charge on any atom is 0.238 e. The van der Waals surface area contributed by atoms with E-state index in [2.05, 4.69) is 0 Å². The van der Waals surface area contributed by atoms with E-state index in [-0.39, 0.29) is 4.90 Å². The van der Waals surface area contributed by atoms with Gasteiger partial charge in [-0.05, 0) is 44.4 Å². The summed E-state index contributed by atoms with van der Waals surface area (Å²) in [5.74, 6) is -0.624. The third kappa shape index (κ3) is 4.41. The number of aliphatic hydroxyl groups is 1. The van der Waals surface area contributed by atoms with Gasteiger partial charge in [0.2, 0.25) is 10.0 Å². The van der Waals surface area contributed by atoms with Crippen molar-refractivity contribution in [3.05, 3.63) is 29.6 Å². The zero-order valence-corrected chi connectivity index (χ0v) is 10.6. The monoisotopic (exact) mass is 261 g/mol. The fraction of sp³-hybridized carbons (Fsp3) is 0.455. The average Bonchev–Trinajstić information content (AvgIpc) is 2.12. The Labute approximate surface area is 100 Å². The Morgan fingerprint density at radius 1 is 1.41 bits per heavy atom. The molecule has 17 heavy (non-hydrogen) atoms. The summed E-state index contributed by atoms with van der Waals surface area (Å²) in [6.45, 7) is 3.26. The third-order valence-corrected chi connectivity index (χ3v) is 3.27. The van der Waals surface area contributed by atoms with Crippen LogP contribution >= 0.6 is 0 Å². The number of aryl methyl sites for hydroxylation is 1. The number of benzene rings is 1. The van der Waals surface area contributed by atoms with Gasteiger partial charge in [-0.15, -0.1) is 0 Å². The summed E-state index contributed by atoms with van der Waals surface area (Å²) in [6, 6.07) is 3.54. The molecule has 0 fully saturated rings. The quantitative estimate of drug-likeness (QED) is 0.854. The third-order valence-electron chi connectivity index (χ3n) is 2.36. The predicted octanol–water partition coefficient (Wildman–Crippen LogP) is 1.18. The number of hydrogen-bond acceptors (Lipinski definition) is 3. The highest BCUT2D eigenvalue weighted by atomic mass is 32.2. The van der Waals surface area contributed by atoms with Crippen LogP contribution in [0.25, 0.3) is 0 Å². The molecule has 0 atom stereocenters. The summed E-state index contributed by atoms with van der Waals surface area (Å²) in [5, 5.41) is 14.4. The molecule has 0 aromatic heterocycles. The number of halogens is 1. The van der Waals surface area contributed by atoms with Crippen molar-refractivity contribution in [1.82, 2.24) is 0 Å². The van der Waals surface area contributed by atoms with E-state index in [1.54, 1.807) is 13.8 Å². The topological polar surface area (TPSA) is 80.4 Å². The summed E-state index contributed by atoms with van der Waals surface area (Å²) in [5.41, 5.74) is -0.523. The first-order chi connectivity index (χ1) is 7.59. The van der Waals surface area contributed by atoms with Crippen molar-refractivity contribution in [2.45, 2.75) is 37.2 Å². The van der Waals surface area contributed by atoms with Crippen molar-refractivity contribution in [2.24, 2.45) is 5.14 Å². The van der Waals surface area contributed by atoms with Gasteiger partial charge in [-0.1, -0.05) is 6.07 Å². The molecule has 1 aromatic carbocycles. The van der Waals surface area contributed by atoms with Crippen molar-refractivity contribution >= 4 is 10.0 Å². The molecule has 3 N–H and O–H groups in total. The van der Waals surface area contributed by atoms with Crippen LogP contribution in [0.3, 0.4) is 0 Å². The van der Waals surface area contributed by atoms with Crippen LogP contribution in [-0.2, 0) is 16.4 Å². The lowest BCUT2D eigenvalue weighted by Gasteiger charge is -2.16. The molecule has 4 nitrogen and oxygen atoms in total. The van der Waals surface area contributed by atoms with Crippen LogP contribution in [0.5, 0.6) is 0 Å². The van der Waals surface area contributed by atoms with Crippen LogP contribution in [0, 0.1) is 5.82 Å². The molecule has 1 rings (SSSR count). The number of sulfonamides is 1. The van der Waals surface area contributed by atoms with Gasteiger partial charge >= 0.3 is 0 Å². The fourth-order valence-electron chi connectivity index (χ4n) is 1.35. The molecule has 0 unspecified atom stereocenters. The Bertz CT molecular complexity index is 506. The molecular formula is C11H16FNO3S. The lowest BCUT2D eigenvalue weighted by Crippen LogP contribution is -2.19. The summed E-state index contributed by atoms with van der Waals surface area (Å²) in [7, 11) is -3.87. The van der Waals surface area contributed by atoms with Crippen molar-refractivity contribution in [1.29, 1.82) is 0 Å². The highest BCUT2D eigenvalue weighted by Crippen LogP contribution is 2.18. The van der Waals surface area contributed by atoms with Gasteiger partial charge in [-0.3, -0.25) is 0 Å². The van der Waals surface area contributed by atoms with E-state index >= 15 is 0 Å². The van der Waals surface area contributed by atoms with E-state index in [1.165, 1.54) is 12.1 Å². The molecule has 0 radical (unpaired) electrons. The molecule has 0 bridgehead atoms. The first kappa shape index (κ1) is 14.1. The Morgan fingerprint density at radius 3 is 2.41 bits per heavy atom. The lowest BCUT2D eigenvalue weighted by atomic mass is 9.99. The molecule has 0 heterocycles. The van der Waals surface area contributed by atoms with Crippen LogP contribution in [0.15, 0.2) is 23.1 Å². The average molecular weight is 261 g/mol. The maximum absolute atomic E-state index is 13.6. The Hall–Kier alpha value is -0.980. The molecule has 0 aliphatic rings. The van der Waals surface area contributed by atoms with Gasteiger partial charge in [-0.2, -0.15) is 0 Å². The van der Waals surface area contributed by atoms with E-state index in [9.17, 15) is 17.9 Å². The normalized spacial score (nSPS) is 12.8. The molecular weight excluding hydrogens is 245 g/mol. The van der Waals surface area contributed by atoms with E-state index in [0.29, 0.717) is 18.4 Å². The minimum atomic E-state index is -3.87. The van der Waals surface area contributed by atoms with E-state index in [4.69, 9.17) is 5.14 Å². The number of rotatable bonds is 4.